The van der Waals surface area contributed by atoms with Gasteiger partial charge in [0.2, 0.25) is 0 Å². The zero-order chi connectivity index (χ0) is 26.9. The summed E-state index contributed by atoms with van der Waals surface area (Å²) in [5, 5.41) is 0.520. The number of halogens is 4. The van der Waals surface area contributed by atoms with E-state index >= 15 is 0 Å². The van der Waals surface area contributed by atoms with Crippen LogP contribution in [-0.2, 0) is 17.7 Å². The summed E-state index contributed by atoms with van der Waals surface area (Å²) in [5.41, 5.74) is 1.91. The van der Waals surface area contributed by atoms with Crippen LogP contribution in [-0.4, -0.2) is 52.8 Å². The van der Waals surface area contributed by atoms with Crippen molar-refractivity contribution in [3.63, 3.8) is 0 Å². The zero-order valence-electron chi connectivity index (χ0n) is 20.6. The third-order valence-corrected chi connectivity index (χ3v) is 7.40. The van der Waals surface area contributed by atoms with Crippen molar-refractivity contribution >= 4 is 17.5 Å². The molecule has 0 atom stereocenters. The van der Waals surface area contributed by atoms with E-state index in [1.54, 1.807) is 48.5 Å². The topological polar surface area (TPSA) is 64.4 Å². The van der Waals surface area contributed by atoms with E-state index in [0.717, 1.165) is 6.42 Å². The first-order valence-electron chi connectivity index (χ1n) is 12.5. The molecule has 1 amide bonds. The van der Waals surface area contributed by atoms with Gasteiger partial charge in [0, 0.05) is 53.6 Å². The normalized spacial score (nSPS) is 16.6. The lowest BCUT2D eigenvalue weighted by Crippen LogP contribution is -2.45. The number of aryl methyl sites for hydroxylation is 1. The predicted octanol–water partition coefficient (Wildman–Crippen LogP) is 5.36. The molecular weight excluding hydrogens is 519 g/mol. The fourth-order valence-electron chi connectivity index (χ4n) is 5.03. The smallest absolute Gasteiger partial charge is 0.380 e. The van der Waals surface area contributed by atoms with E-state index in [1.807, 2.05) is 4.90 Å². The summed E-state index contributed by atoms with van der Waals surface area (Å²) < 4.78 is 45.3. The molecule has 3 heterocycles. The summed E-state index contributed by atoms with van der Waals surface area (Å²) in [6, 6.07) is 15.1. The van der Waals surface area contributed by atoms with Crippen molar-refractivity contribution in [2.75, 3.05) is 26.3 Å². The first-order chi connectivity index (χ1) is 18.1. The summed E-state index contributed by atoms with van der Waals surface area (Å²) >= 11 is 5.96. The van der Waals surface area contributed by atoms with Crippen molar-refractivity contribution in [2.45, 2.75) is 38.4 Å². The van der Waals surface area contributed by atoms with Crippen LogP contribution in [0.3, 0.4) is 0 Å². The summed E-state index contributed by atoms with van der Waals surface area (Å²) in [6.07, 6.45) is -4.57. The fraction of sp³-hybridized carbons (Fsp3) is 0.393. The van der Waals surface area contributed by atoms with Gasteiger partial charge in [0.15, 0.2) is 0 Å². The number of likely N-dealkylation sites (tertiary alicyclic amines) is 1. The second-order valence-corrected chi connectivity index (χ2v) is 10.6. The molecule has 10 heteroatoms. The Morgan fingerprint density at radius 1 is 1.11 bits per heavy atom. The van der Waals surface area contributed by atoms with Crippen molar-refractivity contribution in [1.29, 1.82) is 0 Å². The largest absolute Gasteiger partial charge is 0.389 e. The highest BCUT2D eigenvalue weighted by molar-refractivity contribution is 6.30. The maximum absolute atomic E-state index is 13.2. The van der Waals surface area contributed by atoms with E-state index in [1.165, 1.54) is 10.6 Å². The van der Waals surface area contributed by atoms with Gasteiger partial charge in [-0.1, -0.05) is 35.9 Å². The van der Waals surface area contributed by atoms with Gasteiger partial charge in [-0.05, 0) is 42.7 Å². The van der Waals surface area contributed by atoms with Crippen LogP contribution in [0.1, 0.15) is 41.0 Å². The Morgan fingerprint density at radius 2 is 1.87 bits per heavy atom. The fourth-order valence-corrected chi connectivity index (χ4v) is 5.16. The van der Waals surface area contributed by atoms with Gasteiger partial charge in [0.05, 0.1) is 25.5 Å². The number of hydrogen-bond donors (Lipinski definition) is 0. The second kappa shape index (κ2) is 10.5. The molecule has 3 aromatic rings. The van der Waals surface area contributed by atoms with Gasteiger partial charge in [-0.25, -0.2) is 4.98 Å². The molecule has 2 fully saturated rings. The number of ether oxygens (including phenoxy) is 1. The van der Waals surface area contributed by atoms with Gasteiger partial charge in [0.1, 0.15) is 5.82 Å². The van der Waals surface area contributed by atoms with E-state index in [-0.39, 0.29) is 42.1 Å². The van der Waals surface area contributed by atoms with Crippen LogP contribution in [0, 0.1) is 5.41 Å². The molecule has 0 N–H and O–H groups in total. The van der Waals surface area contributed by atoms with Crippen LogP contribution in [0.15, 0.2) is 59.4 Å². The van der Waals surface area contributed by atoms with Crippen LogP contribution < -0.4 is 5.56 Å². The summed E-state index contributed by atoms with van der Waals surface area (Å²) in [7, 11) is 0. The van der Waals surface area contributed by atoms with Crippen LogP contribution in [0.4, 0.5) is 13.2 Å². The van der Waals surface area contributed by atoms with Gasteiger partial charge in [0.25, 0.3) is 11.5 Å². The molecule has 2 aromatic carbocycles. The number of benzene rings is 2. The third kappa shape index (κ3) is 5.94. The SMILES string of the molecule is O=C(c1cccc(Cn2c(CCCC(F)(F)F)nc(-c3ccc(Cl)cc3)cc2=O)c1)N1CCC2(COC2)C1. The lowest BCUT2D eigenvalue weighted by molar-refractivity contribution is -0.135. The molecule has 6 nitrogen and oxygen atoms in total. The lowest BCUT2D eigenvalue weighted by atomic mass is 9.85. The van der Waals surface area contributed by atoms with E-state index in [0.29, 0.717) is 53.7 Å². The van der Waals surface area contributed by atoms with Gasteiger partial charge in [-0.15, -0.1) is 0 Å². The van der Waals surface area contributed by atoms with Crippen molar-refractivity contribution in [1.82, 2.24) is 14.5 Å². The highest BCUT2D eigenvalue weighted by Crippen LogP contribution is 2.38. The molecule has 1 aromatic heterocycles. The van der Waals surface area contributed by atoms with Crippen LogP contribution in [0.2, 0.25) is 5.02 Å². The minimum absolute atomic E-state index is 0.0211. The summed E-state index contributed by atoms with van der Waals surface area (Å²) in [6.45, 7) is 2.78. The number of carbonyl (C=O) groups excluding carboxylic acids is 1. The Bertz CT molecular complexity index is 1380. The van der Waals surface area contributed by atoms with Crippen molar-refractivity contribution < 1.29 is 22.7 Å². The number of hydrogen-bond acceptors (Lipinski definition) is 4. The standard InChI is InChI=1S/C28H27ClF3N3O3/c29-22-8-6-20(7-9-22)23-14-25(36)35(24(33-23)5-2-10-28(30,31)32)15-19-3-1-4-21(13-19)26(37)34-12-11-27(16-34)17-38-18-27/h1,3-4,6-9,13-14H,2,5,10-12,15-18H2. The zero-order valence-corrected chi connectivity index (χ0v) is 21.4. The minimum Gasteiger partial charge on any atom is -0.380 e. The molecule has 0 unspecified atom stereocenters. The maximum atomic E-state index is 13.2. The van der Waals surface area contributed by atoms with E-state index < -0.39 is 12.6 Å². The van der Waals surface area contributed by atoms with Crippen molar-refractivity contribution in [2.24, 2.45) is 5.41 Å². The molecule has 200 valence electrons. The van der Waals surface area contributed by atoms with Crippen LogP contribution >= 0.6 is 11.6 Å². The van der Waals surface area contributed by atoms with Gasteiger partial charge in [-0.2, -0.15) is 13.2 Å². The number of rotatable bonds is 7. The van der Waals surface area contributed by atoms with E-state index in [9.17, 15) is 22.8 Å². The van der Waals surface area contributed by atoms with Crippen molar-refractivity contribution in [3.8, 4) is 11.3 Å². The predicted molar refractivity (Wildman–Crippen MR) is 137 cm³/mol. The van der Waals surface area contributed by atoms with Crippen LogP contribution in [0.25, 0.3) is 11.3 Å². The Morgan fingerprint density at radius 3 is 2.53 bits per heavy atom. The Hall–Kier alpha value is -3.17. The van der Waals surface area contributed by atoms with E-state index in [4.69, 9.17) is 16.3 Å². The molecule has 2 aliphatic rings. The minimum atomic E-state index is -4.30. The molecule has 5 rings (SSSR count). The second-order valence-electron chi connectivity index (χ2n) is 10.1. The van der Waals surface area contributed by atoms with Crippen molar-refractivity contribution in [3.05, 3.63) is 86.9 Å². The molecule has 0 aliphatic carbocycles. The highest BCUT2D eigenvalue weighted by Gasteiger charge is 2.45. The summed E-state index contributed by atoms with van der Waals surface area (Å²) in [5.74, 6) is 0.180. The first kappa shape index (κ1) is 26.4. The molecule has 2 saturated heterocycles. The molecule has 0 bridgehead atoms. The summed E-state index contributed by atoms with van der Waals surface area (Å²) in [4.78, 5) is 32.8. The molecular formula is C28H27ClF3N3O3. The Kier molecular flexibility index (Phi) is 7.33. The van der Waals surface area contributed by atoms with E-state index in [2.05, 4.69) is 4.98 Å². The number of aromatic nitrogens is 2. The average Bonchev–Trinajstić information content (AvgIpc) is 3.32. The number of nitrogens with zero attached hydrogens (tertiary/aromatic N) is 3. The van der Waals surface area contributed by atoms with Crippen LogP contribution in [0.5, 0.6) is 0 Å². The number of carbonyl (C=O) groups is 1. The van der Waals surface area contributed by atoms with Gasteiger partial charge in [-0.3, -0.25) is 14.2 Å². The molecule has 1 spiro atoms. The quantitative estimate of drug-likeness (QED) is 0.401. The van der Waals surface area contributed by atoms with Gasteiger partial charge < -0.3 is 9.64 Å². The molecule has 2 aliphatic heterocycles. The van der Waals surface area contributed by atoms with Gasteiger partial charge >= 0.3 is 6.18 Å². The molecule has 0 radical (unpaired) electrons. The number of alkyl halides is 3. The lowest BCUT2D eigenvalue weighted by Gasteiger charge is -2.37. The number of amides is 1. The Balaban J connectivity index is 1.40. The third-order valence-electron chi connectivity index (χ3n) is 7.14. The maximum Gasteiger partial charge on any atom is 0.389 e. The first-order valence-corrected chi connectivity index (χ1v) is 12.9. The highest BCUT2D eigenvalue weighted by atomic mass is 35.5. The monoisotopic (exact) mass is 545 g/mol. The Labute approximate surface area is 223 Å². The average molecular weight is 546 g/mol. The molecule has 38 heavy (non-hydrogen) atoms. The molecule has 0 saturated carbocycles.